The van der Waals surface area contributed by atoms with Crippen LogP contribution in [0.2, 0.25) is 10.0 Å². The molecule has 12 heteroatoms. The molecule has 1 aromatic heterocycles. The van der Waals surface area contributed by atoms with Gasteiger partial charge in [-0.15, -0.1) is 0 Å². The number of nitrogens with zero attached hydrogens (tertiary/aromatic N) is 2. The van der Waals surface area contributed by atoms with Crippen LogP contribution in [-0.4, -0.2) is 53.4 Å². The van der Waals surface area contributed by atoms with Crippen LogP contribution >= 0.6 is 23.2 Å². The van der Waals surface area contributed by atoms with E-state index in [1.54, 1.807) is 55.6 Å². The van der Waals surface area contributed by atoms with Crippen molar-refractivity contribution in [3.05, 3.63) is 141 Å². The number of amides is 3. The minimum Gasteiger partial charge on any atom is -0.487 e. The predicted octanol–water partition coefficient (Wildman–Crippen LogP) is 6.65. The van der Waals surface area contributed by atoms with Crippen LogP contribution in [0, 0.1) is 6.92 Å². The van der Waals surface area contributed by atoms with Crippen molar-refractivity contribution in [2.24, 2.45) is 0 Å². The molecule has 3 N–H and O–H groups in total. The number of likely N-dealkylation sites (N-methyl/N-ethyl adjacent to an activating group) is 1. The maximum Gasteiger partial charge on any atom is 0.326 e. The van der Waals surface area contributed by atoms with Gasteiger partial charge >= 0.3 is 5.97 Å². The van der Waals surface area contributed by atoms with Gasteiger partial charge < -0.3 is 25.4 Å². The monoisotopic (exact) mass is 724 g/mol. The van der Waals surface area contributed by atoms with Gasteiger partial charge in [0.05, 0.1) is 17.3 Å². The summed E-state index contributed by atoms with van der Waals surface area (Å²) in [6.45, 7) is 1.63. The molecular weight excluding hydrogens is 691 g/mol. The molecule has 5 aromatic rings. The van der Waals surface area contributed by atoms with E-state index in [-0.39, 0.29) is 30.2 Å². The molecule has 10 nitrogen and oxygen atoms in total. The van der Waals surface area contributed by atoms with Crippen LogP contribution < -0.4 is 20.3 Å². The van der Waals surface area contributed by atoms with E-state index < -0.39 is 29.7 Å². The number of anilines is 1. The summed E-state index contributed by atoms with van der Waals surface area (Å²) in [6.07, 6.45) is 2.93. The summed E-state index contributed by atoms with van der Waals surface area (Å²) in [5, 5.41) is 16.2. The topological polar surface area (TPSA) is 138 Å². The number of halogens is 2. The number of carbonyl (C=O) groups excluding carboxylic acids is 3. The van der Waals surface area contributed by atoms with Crippen molar-refractivity contribution in [2.45, 2.75) is 26.0 Å². The number of carbonyl (C=O) groups is 4. The highest BCUT2D eigenvalue weighted by molar-refractivity contribution is 6.38. The third-order valence-corrected chi connectivity index (χ3v) is 8.77. The lowest BCUT2D eigenvalue weighted by Gasteiger charge is -2.21. The fourth-order valence-electron chi connectivity index (χ4n) is 5.14. The molecule has 1 heterocycles. The number of hydrogen-bond acceptors (Lipinski definition) is 6. The molecule has 51 heavy (non-hydrogen) atoms. The third kappa shape index (κ3) is 9.50. The zero-order valence-corrected chi connectivity index (χ0v) is 29.2. The summed E-state index contributed by atoms with van der Waals surface area (Å²) < 4.78 is 6.08. The number of hydrogen-bond donors (Lipinski definition) is 3. The summed E-state index contributed by atoms with van der Waals surface area (Å²) in [7, 11) is 1.54. The van der Waals surface area contributed by atoms with E-state index in [0.29, 0.717) is 33.1 Å². The van der Waals surface area contributed by atoms with E-state index in [1.165, 1.54) is 29.2 Å². The predicted molar refractivity (Wildman–Crippen MR) is 198 cm³/mol. The van der Waals surface area contributed by atoms with E-state index in [4.69, 9.17) is 27.9 Å². The molecule has 3 amide bonds. The Morgan fingerprint density at radius 1 is 0.922 bits per heavy atom. The van der Waals surface area contributed by atoms with Crippen molar-refractivity contribution in [1.82, 2.24) is 15.6 Å². The number of ether oxygens (including phenoxy) is 1. The van der Waals surface area contributed by atoms with Crippen molar-refractivity contribution in [3.63, 3.8) is 0 Å². The number of carboxylic acid groups (broad SMARTS) is 1. The van der Waals surface area contributed by atoms with Gasteiger partial charge in [0, 0.05) is 46.8 Å². The maximum absolute atomic E-state index is 13.0. The van der Waals surface area contributed by atoms with Crippen LogP contribution in [0.5, 0.6) is 5.75 Å². The molecule has 0 spiro atoms. The number of benzene rings is 4. The molecule has 1 atom stereocenters. The molecule has 4 aromatic carbocycles. The average Bonchev–Trinajstić information content (AvgIpc) is 3.13. The Morgan fingerprint density at radius 2 is 1.67 bits per heavy atom. The van der Waals surface area contributed by atoms with Gasteiger partial charge in [0.25, 0.3) is 5.91 Å². The van der Waals surface area contributed by atoms with Crippen molar-refractivity contribution < 1.29 is 29.0 Å². The molecule has 0 saturated heterocycles. The fourth-order valence-corrected chi connectivity index (χ4v) is 5.75. The first-order valence-electron chi connectivity index (χ1n) is 15.9. The lowest BCUT2D eigenvalue weighted by molar-refractivity contribution is -0.139. The molecule has 0 aliphatic heterocycles. The maximum atomic E-state index is 13.0. The minimum atomic E-state index is -1.14. The number of aliphatic carboxylic acids is 1. The van der Waals surface area contributed by atoms with Crippen LogP contribution in [0.1, 0.15) is 32.7 Å². The molecule has 0 aliphatic carbocycles. The Hall–Kier alpha value is -5.71. The largest absolute Gasteiger partial charge is 0.487 e. The van der Waals surface area contributed by atoms with E-state index in [0.717, 1.165) is 16.6 Å². The summed E-state index contributed by atoms with van der Waals surface area (Å²) in [5.74, 6) is -2.05. The molecule has 0 radical (unpaired) electrons. The summed E-state index contributed by atoms with van der Waals surface area (Å²) in [5.41, 5.74) is 4.10. The zero-order valence-electron chi connectivity index (χ0n) is 27.7. The lowest BCUT2D eigenvalue weighted by Crippen LogP contribution is -2.42. The second kappa shape index (κ2) is 16.8. The Labute approximate surface area is 304 Å². The summed E-state index contributed by atoms with van der Waals surface area (Å²) >= 11 is 13.2. The van der Waals surface area contributed by atoms with Crippen molar-refractivity contribution in [2.75, 3.05) is 18.5 Å². The molecule has 0 saturated carbocycles. The van der Waals surface area contributed by atoms with Gasteiger partial charge in [0.1, 0.15) is 23.9 Å². The highest BCUT2D eigenvalue weighted by Gasteiger charge is 2.22. The second-order valence-electron chi connectivity index (χ2n) is 11.6. The number of fused-ring (bicyclic) bond motifs is 1. The number of pyridine rings is 1. The number of para-hydroxylation sites is 1. The van der Waals surface area contributed by atoms with E-state index in [2.05, 4.69) is 15.6 Å². The van der Waals surface area contributed by atoms with Crippen LogP contribution in [0.15, 0.2) is 103 Å². The standard InChI is InChI=1S/C39H34Cl2N4O6/c1-24-11-15-27-9-6-10-33(37(27)43-24)51-23-29-30(40)18-19-32(36(29)41)45(2)35(47)22-42-34(46)20-14-25-12-16-28(17-13-25)38(48)44-31(39(49)50)21-26-7-4-3-5-8-26/h3-20,31H,21-23H2,1-2H3,(H,42,46)(H,44,48)(H,49,50)/t31-/m1/s1. The van der Waals surface area contributed by atoms with E-state index in [1.807, 2.05) is 43.3 Å². The van der Waals surface area contributed by atoms with Gasteiger partial charge in [0.2, 0.25) is 11.8 Å². The highest BCUT2D eigenvalue weighted by Crippen LogP contribution is 2.35. The van der Waals surface area contributed by atoms with Gasteiger partial charge in [-0.1, -0.05) is 83.9 Å². The molecular formula is C39H34Cl2N4O6. The summed E-state index contributed by atoms with van der Waals surface area (Å²) in [6, 6.07) is 27.0. The quantitative estimate of drug-likeness (QED) is 0.116. The fraction of sp³-hybridized carbons (Fsp3) is 0.154. The van der Waals surface area contributed by atoms with Crippen LogP contribution in [-0.2, 0) is 27.4 Å². The number of nitrogens with one attached hydrogen (secondary N) is 2. The van der Waals surface area contributed by atoms with Gasteiger partial charge in [-0.3, -0.25) is 14.4 Å². The Morgan fingerprint density at radius 3 is 2.39 bits per heavy atom. The number of aryl methyl sites for hydroxylation is 1. The average molecular weight is 726 g/mol. The minimum absolute atomic E-state index is 0.0343. The van der Waals surface area contributed by atoms with Crippen molar-refractivity contribution in [1.29, 1.82) is 0 Å². The molecule has 0 fully saturated rings. The normalized spacial score (nSPS) is 11.6. The van der Waals surface area contributed by atoms with Gasteiger partial charge in [0.15, 0.2) is 0 Å². The molecule has 0 unspecified atom stereocenters. The van der Waals surface area contributed by atoms with Crippen molar-refractivity contribution >= 4 is 69.6 Å². The molecule has 0 aliphatic rings. The number of rotatable bonds is 13. The summed E-state index contributed by atoms with van der Waals surface area (Å²) in [4.78, 5) is 55.9. The SMILES string of the molecule is Cc1ccc2cccc(OCc3c(Cl)ccc(N(C)C(=O)CNC(=O)C=Cc4ccc(C(=O)N[C@H](Cc5ccccc5)C(=O)O)cc4)c3Cl)c2n1. The van der Waals surface area contributed by atoms with Crippen LogP contribution in [0.3, 0.4) is 0 Å². The second-order valence-corrected chi connectivity index (χ2v) is 12.4. The number of carboxylic acids is 1. The van der Waals surface area contributed by atoms with Gasteiger partial charge in [-0.25, -0.2) is 9.78 Å². The first kappa shape index (κ1) is 36.6. The van der Waals surface area contributed by atoms with Crippen LogP contribution in [0.25, 0.3) is 17.0 Å². The first-order valence-corrected chi connectivity index (χ1v) is 16.6. The smallest absolute Gasteiger partial charge is 0.326 e. The zero-order chi connectivity index (χ0) is 36.5. The first-order chi connectivity index (χ1) is 24.5. The molecule has 5 rings (SSSR count). The van der Waals surface area contributed by atoms with E-state index in [9.17, 15) is 24.3 Å². The van der Waals surface area contributed by atoms with E-state index >= 15 is 0 Å². The molecule has 0 bridgehead atoms. The lowest BCUT2D eigenvalue weighted by atomic mass is 10.1. The third-order valence-electron chi connectivity index (χ3n) is 8.00. The molecule has 260 valence electrons. The number of aromatic nitrogens is 1. The Balaban J connectivity index is 1.14. The van der Waals surface area contributed by atoms with Crippen molar-refractivity contribution in [3.8, 4) is 5.75 Å². The Kier molecular flexibility index (Phi) is 12.0. The van der Waals surface area contributed by atoms with Crippen LogP contribution in [0.4, 0.5) is 5.69 Å². The van der Waals surface area contributed by atoms with Gasteiger partial charge in [-0.05, 0) is 60.5 Å². The highest BCUT2D eigenvalue weighted by atomic mass is 35.5. The Bertz CT molecular complexity index is 2110. The van der Waals surface area contributed by atoms with Gasteiger partial charge in [-0.2, -0.15) is 0 Å².